The van der Waals surface area contributed by atoms with Gasteiger partial charge in [-0.15, -0.1) is 16.9 Å². The van der Waals surface area contributed by atoms with Crippen LogP contribution < -0.4 is 10.1 Å². The van der Waals surface area contributed by atoms with E-state index in [1.165, 1.54) is 15.9 Å². The second-order valence-electron chi connectivity index (χ2n) is 6.04. The van der Waals surface area contributed by atoms with Gasteiger partial charge < -0.3 is 15.0 Å². The van der Waals surface area contributed by atoms with E-state index in [2.05, 4.69) is 20.8 Å². The predicted octanol–water partition coefficient (Wildman–Crippen LogP) is 1.86. The molecule has 0 aliphatic carbocycles. The summed E-state index contributed by atoms with van der Waals surface area (Å²) in [5.74, 6) is -0.0436. The minimum absolute atomic E-state index is 0.0663. The molecule has 0 fully saturated rings. The third-order valence-corrected chi connectivity index (χ3v) is 4.80. The fraction of sp³-hybridized carbons (Fsp3) is 0.211. The summed E-state index contributed by atoms with van der Waals surface area (Å²) >= 11 is 1.54. The average molecular weight is 412 g/mol. The standard InChI is InChI=1S/C19H20N6O3S/c1-24(11-18(26)21-16-5-3-4-6-17(16)29-2)19(27)12-28-15-9-7-14(8-10-15)25-13-20-22-23-25/h3-10,13H,11-12H2,1-2H3,(H,21,26). The molecule has 150 valence electrons. The second kappa shape index (κ2) is 9.69. The minimum atomic E-state index is -0.303. The summed E-state index contributed by atoms with van der Waals surface area (Å²) in [5, 5.41) is 13.8. The summed E-state index contributed by atoms with van der Waals surface area (Å²) in [7, 11) is 1.56. The summed E-state index contributed by atoms with van der Waals surface area (Å²) in [6.45, 7) is -0.238. The Labute approximate surface area is 172 Å². The van der Waals surface area contributed by atoms with Crippen molar-refractivity contribution in [1.82, 2.24) is 25.1 Å². The van der Waals surface area contributed by atoms with Gasteiger partial charge in [0, 0.05) is 11.9 Å². The van der Waals surface area contributed by atoms with E-state index >= 15 is 0 Å². The van der Waals surface area contributed by atoms with E-state index in [-0.39, 0.29) is 25.0 Å². The number of thioether (sulfide) groups is 1. The second-order valence-corrected chi connectivity index (χ2v) is 6.88. The third-order valence-electron chi connectivity index (χ3n) is 4.00. The van der Waals surface area contributed by atoms with Crippen LogP contribution in [0.15, 0.2) is 59.8 Å². The molecule has 9 nitrogen and oxygen atoms in total. The van der Waals surface area contributed by atoms with Crippen molar-refractivity contribution in [3.8, 4) is 11.4 Å². The van der Waals surface area contributed by atoms with Crippen molar-refractivity contribution < 1.29 is 14.3 Å². The molecule has 0 saturated heterocycles. The van der Waals surface area contributed by atoms with Gasteiger partial charge in [0.05, 0.1) is 17.9 Å². The van der Waals surface area contributed by atoms with Crippen molar-refractivity contribution in [2.75, 3.05) is 31.8 Å². The van der Waals surface area contributed by atoms with Gasteiger partial charge in [-0.2, -0.15) is 0 Å². The Hall–Kier alpha value is -3.40. The Kier molecular flexibility index (Phi) is 6.80. The molecule has 0 aliphatic heterocycles. The molecule has 29 heavy (non-hydrogen) atoms. The van der Waals surface area contributed by atoms with Gasteiger partial charge in [0.1, 0.15) is 12.1 Å². The maximum Gasteiger partial charge on any atom is 0.260 e. The molecule has 0 bridgehead atoms. The van der Waals surface area contributed by atoms with Crippen molar-refractivity contribution in [3.05, 3.63) is 54.9 Å². The Balaban J connectivity index is 1.48. The van der Waals surface area contributed by atoms with E-state index in [0.29, 0.717) is 5.75 Å². The molecule has 0 atom stereocenters. The molecule has 0 saturated carbocycles. The zero-order valence-electron chi connectivity index (χ0n) is 16.0. The average Bonchev–Trinajstić information content (AvgIpc) is 3.27. The van der Waals surface area contributed by atoms with Crippen molar-refractivity contribution in [1.29, 1.82) is 0 Å². The van der Waals surface area contributed by atoms with Gasteiger partial charge >= 0.3 is 0 Å². The lowest BCUT2D eigenvalue weighted by molar-refractivity contribution is -0.135. The van der Waals surface area contributed by atoms with Crippen LogP contribution >= 0.6 is 11.8 Å². The molecule has 3 aromatic rings. The monoisotopic (exact) mass is 412 g/mol. The van der Waals surface area contributed by atoms with Crippen molar-refractivity contribution >= 4 is 29.3 Å². The van der Waals surface area contributed by atoms with Crippen LogP contribution in [0.25, 0.3) is 5.69 Å². The number of benzene rings is 2. The molecule has 0 aliphatic rings. The topological polar surface area (TPSA) is 102 Å². The first-order valence-electron chi connectivity index (χ1n) is 8.70. The number of likely N-dealkylation sites (N-methyl/N-ethyl adjacent to an activating group) is 1. The van der Waals surface area contributed by atoms with Gasteiger partial charge in [0.15, 0.2) is 6.61 Å². The van der Waals surface area contributed by atoms with Crippen LogP contribution in [0.3, 0.4) is 0 Å². The first-order chi connectivity index (χ1) is 14.1. The highest BCUT2D eigenvalue weighted by Gasteiger charge is 2.15. The van der Waals surface area contributed by atoms with Crippen molar-refractivity contribution in [3.63, 3.8) is 0 Å². The fourth-order valence-electron chi connectivity index (χ4n) is 2.47. The zero-order chi connectivity index (χ0) is 20.6. The molecule has 2 aromatic carbocycles. The molecule has 10 heteroatoms. The summed E-state index contributed by atoms with van der Waals surface area (Å²) in [6.07, 6.45) is 3.42. The number of rotatable bonds is 8. The van der Waals surface area contributed by atoms with Crippen molar-refractivity contribution in [2.45, 2.75) is 4.90 Å². The molecular weight excluding hydrogens is 392 g/mol. The molecule has 0 unspecified atom stereocenters. The highest BCUT2D eigenvalue weighted by molar-refractivity contribution is 7.98. The Morgan fingerprint density at radius 1 is 1.17 bits per heavy atom. The maximum atomic E-state index is 12.3. The molecule has 2 amide bonds. The fourth-order valence-corrected chi connectivity index (χ4v) is 3.02. The van der Waals surface area contributed by atoms with Gasteiger partial charge in [-0.25, -0.2) is 4.68 Å². The van der Waals surface area contributed by atoms with E-state index in [9.17, 15) is 9.59 Å². The lowest BCUT2D eigenvalue weighted by atomic mass is 10.3. The lowest BCUT2D eigenvalue weighted by Gasteiger charge is -2.18. The molecule has 1 N–H and O–H groups in total. The van der Waals surface area contributed by atoms with Gasteiger partial charge in [-0.1, -0.05) is 12.1 Å². The number of ether oxygens (including phenoxy) is 1. The lowest BCUT2D eigenvalue weighted by Crippen LogP contribution is -2.37. The van der Waals surface area contributed by atoms with Gasteiger partial charge in [0.25, 0.3) is 5.91 Å². The Morgan fingerprint density at radius 2 is 1.93 bits per heavy atom. The smallest absolute Gasteiger partial charge is 0.260 e. The van der Waals surface area contributed by atoms with E-state index in [0.717, 1.165) is 16.3 Å². The number of carbonyl (C=O) groups excluding carboxylic acids is 2. The summed E-state index contributed by atoms with van der Waals surface area (Å²) in [5.41, 5.74) is 1.50. The van der Waals surface area contributed by atoms with Crippen LogP contribution in [0.1, 0.15) is 0 Å². The van der Waals surface area contributed by atoms with E-state index in [1.54, 1.807) is 43.1 Å². The molecule has 3 rings (SSSR count). The van der Waals surface area contributed by atoms with Crippen LogP contribution in [-0.2, 0) is 9.59 Å². The zero-order valence-corrected chi connectivity index (χ0v) is 16.8. The van der Waals surface area contributed by atoms with Crippen LogP contribution in [0.4, 0.5) is 5.69 Å². The van der Waals surface area contributed by atoms with Crippen LogP contribution in [0.5, 0.6) is 5.75 Å². The first-order valence-corrected chi connectivity index (χ1v) is 9.92. The number of hydrogen-bond donors (Lipinski definition) is 1. The summed E-state index contributed by atoms with van der Waals surface area (Å²) in [4.78, 5) is 26.8. The van der Waals surface area contributed by atoms with E-state index in [4.69, 9.17) is 4.74 Å². The SMILES string of the molecule is CSc1ccccc1NC(=O)CN(C)C(=O)COc1ccc(-n2cnnn2)cc1. The van der Waals surface area contributed by atoms with E-state index in [1.807, 2.05) is 30.5 Å². The number of anilines is 1. The third kappa shape index (κ3) is 5.55. The number of nitrogens with one attached hydrogen (secondary N) is 1. The normalized spacial score (nSPS) is 10.4. The number of aromatic nitrogens is 4. The number of amides is 2. The van der Waals surface area contributed by atoms with Crippen LogP contribution in [0, 0.1) is 0 Å². The number of tetrazole rings is 1. The van der Waals surface area contributed by atoms with Crippen LogP contribution in [-0.4, -0.2) is 63.4 Å². The van der Waals surface area contributed by atoms with Gasteiger partial charge in [-0.05, 0) is 53.1 Å². The Bertz CT molecular complexity index is 962. The number of hydrogen-bond acceptors (Lipinski definition) is 7. The number of carbonyl (C=O) groups is 2. The van der Waals surface area contributed by atoms with Crippen molar-refractivity contribution in [2.24, 2.45) is 0 Å². The van der Waals surface area contributed by atoms with Gasteiger partial charge in [0.2, 0.25) is 5.91 Å². The summed E-state index contributed by atoms with van der Waals surface area (Å²) in [6, 6.07) is 14.5. The molecule has 1 heterocycles. The van der Waals surface area contributed by atoms with E-state index < -0.39 is 0 Å². The highest BCUT2D eigenvalue weighted by atomic mass is 32.2. The first kappa shape index (κ1) is 20.3. The number of para-hydroxylation sites is 1. The maximum absolute atomic E-state index is 12.3. The number of nitrogens with zero attached hydrogens (tertiary/aromatic N) is 5. The molecule has 1 aromatic heterocycles. The Morgan fingerprint density at radius 3 is 2.62 bits per heavy atom. The van der Waals surface area contributed by atoms with Gasteiger partial charge in [-0.3, -0.25) is 9.59 Å². The molecule has 0 spiro atoms. The summed E-state index contributed by atoms with van der Waals surface area (Å²) < 4.78 is 7.02. The highest BCUT2D eigenvalue weighted by Crippen LogP contribution is 2.24. The molecular formula is C19H20N6O3S. The minimum Gasteiger partial charge on any atom is -0.484 e. The largest absolute Gasteiger partial charge is 0.484 e. The molecule has 0 radical (unpaired) electrons. The van der Waals surface area contributed by atoms with Crippen LogP contribution in [0.2, 0.25) is 0 Å². The predicted molar refractivity (Wildman–Crippen MR) is 109 cm³/mol. The quantitative estimate of drug-likeness (QED) is 0.564.